The zero-order valence-corrected chi connectivity index (χ0v) is 18.6. The maximum Gasteiger partial charge on any atom is 0.156 e. The summed E-state index contributed by atoms with van der Waals surface area (Å²) in [5, 5.41) is 17.9. The lowest BCUT2D eigenvalue weighted by Crippen LogP contribution is -2.07. The molecule has 32 heavy (non-hydrogen) atoms. The van der Waals surface area contributed by atoms with Crippen molar-refractivity contribution in [2.45, 2.75) is 27.7 Å². The number of pyridine rings is 1. The molecule has 158 valence electrons. The summed E-state index contributed by atoms with van der Waals surface area (Å²) in [5.41, 5.74) is 7.28. The Hall–Kier alpha value is -4.06. The highest BCUT2D eigenvalue weighted by molar-refractivity contribution is 5.85. The van der Waals surface area contributed by atoms with E-state index in [9.17, 15) is 0 Å². The van der Waals surface area contributed by atoms with Gasteiger partial charge in [0.25, 0.3) is 0 Å². The minimum absolute atomic E-state index is 0.649. The molecule has 0 aliphatic carbocycles. The van der Waals surface area contributed by atoms with Gasteiger partial charge in [0.15, 0.2) is 11.6 Å². The quantitative estimate of drug-likeness (QED) is 0.395. The summed E-state index contributed by atoms with van der Waals surface area (Å²) in [4.78, 5) is 4.91. The smallest absolute Gasteiger partial charge is 0.156 e. The highest BCUT2D eigenvalue weighted by Gasteiger charge is 2.13. The van der Waals surface area contributed by atoms with E-state index in [2.05, 4.69) is 89.9 Å². The number of nitrogens with one attached hydrogen (secondary N) is 1. The number of rotatable bonds is 4. The van der Waals surface area contributed by atoms with Crippen LogP contribution in [0, 0.1) is 27.7 Å². The van der Waals surface area contributed by atoms with Gasteiger partial charge in [-0.1, -0.05) is 48.0 Å². The van der Waals surface area contributed by atoms with Crippen LogP contribution in [0.5, 0.6) is 0 Å². The number of anilines is 2. The van der Waals surface area contributed by atoms with Crippen LogP contribution in [0.1, 0.15) is 22.4 Å². The van der Waals surface area contributed by atoms with Crippen molar-refractivity contribution in [3.05, 3.63) is 89.1 Å². The SMILES string of the molecule is Cc1ccc(-c2ccc(Nc3cc(C)nn3-c3cc(C)c4cccc(C)c4n3)nn2)cc1. The average molecular weight is 421 g/mol. The molecule has 3 heterocycles. The topological polar surface area (TPSA) is 68.5 Å². The second-order valence-electron chi connectivity index (χ2n) is 8.15. The normalized spacial score (nSPS) is 11.1. The maximum absolute atomic E-state index is 4.91. The molecule has 0 unspecified atom stereocenters. The average Bonchev–Trinajstić information content (AvgIpc) is 3.15. The lowest BCUT2D eigenvalue weighted by Gasteiger charge is -2.12. The molecular weight excluding hydrogens is 396 g/mol. The molecule has 0 bridgehead atoms. The number of hydrogen-bond acceptors (Lipinski definition) is 5. The van der Waals surface area contributed by atoms with E-state index >= 15 is 0 Å². The van der Waals surface area contributed by atoms with E-state index in [0.29, 0.717) is 5.82 Å². The fraction of sp³-hybridized carbons (Fsp3) is 0.154. The minimum Gasteiger partial charge on any atom is -0.323 e. The van der Waals surface area contributed by atoms with Crippen molar-refractivity contribution < 1.29 is 0 Å². The van der Waals surface area contributed by atoms with Gasteiger partial charge in [0, 0.05) is 17.0 Å². The summed E-state index contributed by atoms with van der Waals surface area (Å²) in [6.07, 6.45) is 0. The zero-order chi connectivity index (χ0) is 22.2. The molecular formula is C26H24N6. The summed E-state index contributed by atoms with van der Waals surface area (Å²) in [6, 6.07) is 22.4. The van der Waals surface area contributed by atoms with Gasteiger partial charge < -0.3 is 5.32 Å². The van der Waals surface area contributed by atoms with Gasteiger partial charge in [0.1, 0.15) is 5.82 Å². The van der Waals surface area contributed by atoms with E-state index in [1.807, 2.05) is 29.8 Å². The van der Waals surface area contributed by atoms with Gasteiger partial charge in [0.2, 0.25) is 0 Å². The summed E-state index contributed by atoms with van der Waals surface area (Å²) < 4.78 is 1.82. The third-order valence-electron chi connectivity index (χ3n) is 5.55. The van der Waals surface area contributed by atoms with Crippen LogP contribution in [-0.4, -0.2) is 25.0 Å². The van der Waals surface area contributed by atoms with E-state index in [1.165, 1.54) is 5.56 Å². The number of aryl methyl sites for hydroxylation is 4. The van der Waals surface area contributed by atoms with Crippen LogP contribution >= 0.6 is 0 Å². The molecule has 0 fully saturated rings. The van der Waals surface area contributed by atoms with Crippen LogP contribution in [0.2, 0.25) is 0 Å². The first-order valence-electron chi connectivity index (χ1n) is 10.6. The van der Waals surface area contributed by atoms with Crippen molar-refractivity contribution in [1.29, 1.82) is 0 Å². The third kappa shape index (κ3) is 3.71. The van der Waals surface area contributed by atoms with Crippen molar-refractivity contribution in [2.24, 2.45) is 0 Å². The highest BCUT2D eigenvalue weighted by Crippen LogP contribution is 2.26. The Morgan fingerprint density at radius 2 is 1.59 bits per heavy atom. The number of nitrogens with zero attached hydrogens (tertiary/aromatic N) is 5. The molecule has 6 heteroatoms. The number of hydrogen-bond donors (Lipinski definition) is 1. The Morgan fingerprint density at radius 3 is 2.34 bits per heavy atom. The number of fused-ring (bicyclic) bond motifs is 1. The first-order valence-corrected chi connectivity index (χ1v) is 10.6. The molecule has 0 aliphatic rings. The van der Waals surface area contributed by atoms with Gasteiger partial charge in [-0.05, 0) is 57.0 Å². The molecule has 2 aromatic carbocycles. The van der Waals surface area contributed by atoms with Crippen LogP contribution in [-0.2, 0) is 0 Å². The molecule has 0 spiro atoms. The Kier molecular flexibility index (Phi) is 4.90. The fourth-order valence-corrected chi connectivity index (χ4v) is 3.82. The van der Waals surface area contributed by atoms with Crippen molar-refractivity contribution in [1.82, 2.24) is 25.0 Å². The fourth-order valence-electron chi connectivity index (χ4n) is 3.82. The Bertz CT molecular complexity index is 1420. The maximum atomic E-state index is 4.91. The van der Waals surface area contributed by atoms with E-state index in [0.717, 1.165) is 50.6 Å². The van der Waals surface area contributed by atoms with E-state index < -0.39 is 0 Å². The summed E-state index contributed by atoms with van der Waals surface area (Å²) in [7, 11) is 0. The van der Waals surface area contributed by atoms with Crippen LogP contribution in [0.4, 0.5) is 11.6 Å². The summed E-state index contributed by atoms with van der Waals surface area (Å²) in [5.74, 6) is 2.21. The van der Waals surface area contributed by atoms with Crippen molar-refractivity contribution in [3.8, 4) is 17.1 Å². The van der Waals surface area contributed by atoms with Crippen molar-refractivity contribution >= 4 is 22.5 Å². The van der Waals surface area contributed by atoms with Gasteiger partial charge in [-0.15, -0.1) is 10.2 Å². The van der Waals surface area contributed by atoms with E-state index in [-0.39, 0.29) is 0 Å². The van der Waals surface area contributed by atoms with Crippen LogP contribution in [0.25, 0.3) is 28.0 Å². The molecule has 0 saturated carbocycles. The Balaban J connectivity index is 1.49. The first kappa shape index (κ1) is 19.9. The van der Waals surface area contributed by atoms with Crippen LogP contribution in [0.15, 0.2) is 66.7 Å². The minimum atomic E-state index is 0.649. The summed E-state index contributed by atoms with van der Waals surface area (Å²) in [6.45, 7) is 8.22. The van der Waals surface area contributed by atoms with Crippen LogP contribution < -0.4 is 5.32 Å². The molecule has 5 rings (SSSR count). The third-order valence-corrected chi connectivity index (χ3v) is 5.55. The molecule has 6 nitrogen and oxygen atoms in total. The van der Waals surface area contributed by atoms with Gasteiger partial charge >= 0.3 is 0 Å². The standard InChI is InChI=1S/C26H24N6/c1-16-8-10-20(11-9-16)22-12-13-23(30-29-22)27-25-15-19(4)31-32(25)24-14-18(3)21-7-5-6-17(2)26(21)28-24/h5-15H,1-4H3,(H,27,30). The Morgan fingerprint density at radius 1 is 0.781 bits per heavy atom. The molecule has 5 aromatic rings. The predicted octanol–water partition coefficient (Wildman–Crippen LogP) is 5.85. The lowest BCUT2D eigenvalue weighted by molar-refractivity contribution is 0.841. The predicted molar refractivity (Wildman–Crippen MR) is 129 cm³/mol. The van der Waals surface area contributed by atoms with E-state index in [4.69, 9.17) is 4.98 Å². The second kappa shape index (κ2) is 7.89. The first-order chi connectivity index (χ1) is 15.5. The zero-order valence-electron chi connectivity index (χ0n) is 18.6. The van der Waals surface area contributed by atoms with Gasteiger partial charge in [-0.25, -0.2) is 4.98 Å². The Labute approximate surface area is 187 Å². The summed E-state index contributed by atoms with van der Waals surface area (Å²) >= 11 is 0. The van der Waals surface area contributed by atoms with Crippen molar-refractivity contribution in [3.63, 3.8) is 0 Å². The van der Waals surface area contributed by atoms with Crippen LogP contribution in [0.3, 0.4) is 0 Å². The molecule has 1 N–H and O–H groups in total. The monoisotopic (exact) mass is 420 g/mol. The van der Waals surface area contributed by atoms with Gasteiger partial charge in [-0.2, -0.15) is 9.78 Å². The molecule has 0 saturated heterocycles. The number of benzene rings is 2. The van der Waals surface area contributed by atoms with Gasteiger partial charge in [-0.3, -0.25) is 0 Å². The molecule has 0 atom stereocenters. The van der Waals surface area contributed by atoms with Gasteiger partial charge in [0.05, 0.1) is 16.9 Å². The molecule has 3 aromatic heterocycles. The molecule has 0 radical (unpaired) electrons. The van der Waals surface area contributed by atoms with E-state index in [1.54, 1.807) is 0 Å². The highest BCUT2D eigenvalue weighted by atomic mass is 15.4. The molecule has 0 aliphatic heterocycles. The second-order valence-corrected chi connectivity index (χ2v) is 8.15. The lowest BCUT2D eigenvalue weighted by atomic mass is 10.1. The largest absolute Gasteiger partial charge is 0.323 e. The molecule has 0 amide bonds. The number of aromatic nitrogens is 5. The van der Waals surface area contributed by atoms with Crippen molar-refractivity contribution in [2.75, 3.05) is 5.32 Å². The number of para-hydroxylation sites is 1.